The van der Waals surface area contributed by atoms with E-state index in [1.165, 1.54) is 11.3 Å². The Hall–Kier alpha value is -4.78. The molecule has 0 bridgehead atoms. The predicted octanol–water partition coefficient (Wildman–Crippen LogP) is 4.41. The van der Waals surface area contributed by atoms with E-state index >= 15 is 0 Å². The fraction of sp³-hybridized carbons (Fsp3) is 0.310. The van der Waals surface area contributed by atoms with Crippen LogP contribution in [0.25, 0.3) is 33.0 Å². The number of hydrogen-bond donors (Lipinski definition) is 1. The Morgan fingerprint density at radius 3 is 2.57 bits per heavy atom. The second-order valence-corrected chi connectivity index (χ2v) is 10.3. The molecule has 0 aliphatic heterocycles. The summed E-state index contributed by atoms with van der Waals surface area (Å²) in [5.74, 6) is 0.300. The molecule has 5 aromatic rings. The molecule has 12 nitrogen and oxygen atoms in total. The maximum atomic E-state index is 13.4. The van der Waals surface area contributed by atoms with Crippen LogP contribution >= 0.6 is 11.3 Å². The third-order valence-corrected chi connectivity index (χ3v) is 7.70. The molecule has 0 saturated carbocycles. The maximum Gasteiger partial charge on any atom is 0.350 e. The monoisotopic (exact) mass is 589 g/mol. The standard InChI is InChI=1S/C29H31N7O5S/c1-7-36-22(11-16(3)34-36)28-33-25(26(42-28)29(38)41-8-2)24-19-15-31-35(4)21(19)13-20(32-24)27(37)30-14-17-9-10-18(39-5)12-23(17)40-6/h9-13,15H,7-8,14H2,1-6H3,(H,30,37). The smallest absolute Gasteiger partial charge is 0.350 e. The minimum absolute atomic E-state index is 0.146. The Kier molecular flexibility index (Phi) is 8.20. The van der Waals surface area contributed by atoms with E-state index in [4.69, 9.17) is 24.2 Å². The summed E-state index contributed by atoms with van der Waals surface area (Å²) in [4.78, 5) is 36.5. The van der Waals surface area contributed by atoms with Gasteiger partial charge in [-0.15, -0.1) is 11.3 Å². The van der Waals surface area contributed by atoms with Gasteiger partial charge in [0.15, 0.2) is 0 Å². The number of amides is 1. The molecule has 218 valence electrons. The van der Waals surface area contributed by atoms with Crippen molar-refractivity contribution in [2.45, 2.75) is 33.9 Å². The highest BCUT2D eigenvalue weighted by Gasteiger charge is 2.27. The number of aromatic nitrogens is 6. The minimum Gasteiger partial charge on any atom is -0.497 e. The highest BCUT2D eigenvalue weighted by atomic mass is 32.1. The molecule has 4 heterocycles. The molecule has 0 radical (unpaired) electrons. The van der Waals surface area contributed by atoms with Gasteiger partial charge in [-0.3, -0.25) is 14.2 Å². The summed E-state index contributed by atoms with van der Waals surface area (Å²) in [7, 11) is 4.91. The lowest BCUT2D eigenvalue weighted by molar-refractivity contribution is 0.0532. The molecule has 13 heteroatoms. The van der Waals surface area contributed by atoms with E-state index in [0.717, 1.165) is 17.0 Å². The zero-order chi connectivity index (χ0) is 30.0. The number of nitrogens with zero attached hydrogens (tertiary/aromatic N) is 6. The molecule has 42 heavy (non-hydrogen) atoms. The van der Waals surface area contributed by atoms with Crippen LogP contribution in [0.4, 0.5) is 0 Å². The zero-order valence-electron chi connectivity index (χ0n) is 24.2. The first-order valence-corrected chi connectivity index (χ1v) is 14.1. The van der Waals surface area contributed by atoms with Crippen LogP contribution in [0.15, 0.2) is 36.5 Å². The molecular weight excluding hydrogens is 558 g/mol. The lowest BCUT2D eigenvalue weighted by atomic mass is 10.1. The second-order valence-electron chi connectivity index (χ2n) is 9.32. The number of carbonyl (C=O) groups excluding carboxylic acids is 2. The summed E-state index contributed by atoms with van der Waals surface area (Å²) in [6, 6.07) is 8.96. The van der Waals surface area contributed by atoms with Gasteiger partial charge in [0.05, 0.1) is 43.9 Å². The van der Waals surface area contributed by atoms with Gasteiger partial charge in [-0.05, 0) is 45.0 Å². The van der Waals surface area contributed by atoms with Gasteiger partial charge in [-0.2, -0.15) is 10.2 Å². The molecule has 0 spiro atoms. The largest absolute Gasteiger partial charge is 0.497 e. The predicted molar refractivity (Wildman–Crippen MR) is 158 cm³/mol. The van der Waals surface area contributed by atoms with Gasteiger partial charge in [0.25, 0.3) is 5.91 Å². The number of fused-ring (bicyclic) bond motifs is 1. The highest BCUT2D eigenvalue weighted by molar-refractivity contribution is 7.17. The molecular formula is C29H31N7O5S. The Morgan fingerprint density at radius 2 is 1.86 bits per heavy atom. The van der Waals surface area contributed by atoms with Gasteiger partial charge in [-0.25, -0.2) is 14.8 Å². The van der Waals surface area contributed by atoms with Gasteiger partial charge in [0, 0.05) is 37.2 Å². The molecule has 0 fully saturated rings. The number of aryl methyl sites for hydroxylation is 3. The van der Waals surface area contributed by atoms with E-state index in [2.05, 4.69) is 15.5 Å². The summed E-state index contributed by atoms with van der Waals surface area (Å²) in [6.07, 6.45) is 1.65. The summed E-state index contributed by atoms with van der Waals surface area (Å²) < 4.78 is 19.6. The quantitative estimate of drug-likeness (QED) is 0.235. The van der Waals surface area contributed by atoms with E-state index in [-0.39, 0.29) is 23.7 Å². The Labute approximate surface area is 246 Å². The van der Waals surface area contributed by atoms with Crippen molar-refractivity contribution in [1.29, 1.82) is 0 Å². The van der Waals surface area contributed by atoms with Crippen molar-refractivity contribution in [3.63, 3.8) is 0 Å². The molecule has 0 atom stereocenters. The van der Waals surface area contributed by atoms with Crippen LogP contribution in [0, 0.1) is 6.92 Å². The average molecular weight is 590 g/mol. The molecule has 5 rings (SSSR count). The van der Waals surface area contributed by atoms with Crippen LogP contribution in [0.5, 0.6) is 11.5 Å². The van der Waals surface area contributed by atoms with E-state index in [0.29, 0.717) is 45.3 Å². The van der Waals surface area contributed by atoms with E-state index in [1.54, 1.807) is 57.3 Å². The van der Waals surface area contributed by atoms with Crippen molar-refractivity contribution in [3.8, 4) is 33.6 Å². The van der Waals surface area contributed by atoms with Gasteiger partial charge in [0.2, 0.25) is 0 Å². The summed E-state index contributed by atoms with van der Waals surface area (Å²) >= 11 is 1.20. The van der Waals surface area contributed by atoms with Gasteiger partial charge in [0.1, 0.15) is 38.5 Å². The molecule has 0 aliphatic rings. The van der Waals surface area contributed by atoms with E-state index in [1.807, 2.05) is 30.7 Å². The Balaban J connectivity index is 1.58. The molecule has 0 saturated heterocycles. The number of rotatable bonds is 10. The van der Waals surface area contributed by atoms with Crippen molar-refractivity contribution in [1.82, 2.24) is 34.8 Å². The van der Waals surface area contributed by atoms with Crippen molar-refractivity contribution < 1.29 is 23.8 Å². The highest BCUT2D eigenvalue weighted by Crippen LogP contribution is 2.37. The number of thiazole rings is 1. The summed E-state index contributed by atoms with van der Waals surface area (Å²) in [5.41, 5.74) is 3.86. The van der Waals surface area contributed by atoms with Gasteiger partial charge in [-0.1, -0.05) is 0 Å². The van der Waals surface area contributed by atoms with Crippen LogP contribution in [0.2, 0.25) is 0 Å². The molecule has 1 N–H and O–H groups in total. The first-order valence-electron chi connectivity index (χ1n) is 13.3. The number of hydrogen-bond acceptors (Lipinski definition) is 10. The zero-order valence-corrected chi connectivity index (χ0v) is 25.0. The fourth-order valence-corrected chi connectivity index (χ4v) is 5.57. The number of methoxy groups -OCH3 is 2. The first-order chi connectivity index (χ1) is 20.3. The van der Waals surface area contributed by atoms with Crippen molar-refractivity contribution >= 4 is 34.1 Å². The normalized spacial score (nSPS) is 11.1. The number of ether oxygens (including phenoxy) is 3. The van der Waals surface area contributed by atoms with Crippen LogP contribution in [-0.4, -0.2) is 62.2 Å². The Morgan fingerprint density at radius 1 is 1.05 bits per heavy atom. The third-order valence-electron chi connectivity index (χ3n) is 6.64. The minimum atomic E-state index is -0.518. The number of carbonyl (C=O) groups is 2. The van der Waals surface area contributed by atoms with Crippen LogP contribution in [-0.2, 0) is 24.9 Å². The van der Waals surface area contributed by atoms with Crippen LogP contribution in [0.3, 0.4) is 0 Å². The molecule has 0 unspecified atom stereocenters. The summed E-state index contributed by atoms with van der Waals surface area (Å²) in [5, 5.41) is 13.1. The molecule has 1 aromatic carbocycles. The maximum absolute atomic E-state index is 13.4. The van der Waals surface area contributed by atoms with Gasteiger partial charge >= 0.3 is 5.97 Å². The lowest BCUT2D eigenvalue weighted by Gasteiger charge is -2.12. The first kappa shape index (κ1) is 28.7. The molecule has 4 aromatic heterocycles. The Bertz CT molecular complexity index is 1790. The van der Waals surface area contributed by atoms with Crippen LogP contribution < -0.4 is 14.8 Å². The third kappa shape index (κ3) is 5.42. The average Bonchev–Trinajstić information content (AvgIpc) is 3.71. The summed E-state index contributed by atoms with van der Waals surface area (Å²) in [6.45, 7) is 6.66. The molecule has 0 aliphatic carbocycles. The lowest BCUT2D eigenvalue weighted by Crippen LogP contribution is -2.24. The van der Waals surface area contributed by atoms with E-state index < -0.39 is 11.9 Å². The molecule has 1 amide bonds. The SMILES string of the molecule is CCOC(=O)c1sc(-c2cc(C)nn2CC)nc1-c1nc(C(=O)NCc2ccc(OC)cc2OC)cc2c1cnn2C. The number of benzene rings is 1. The second kappa shape index (κ2) is 12.0. The van der Waals surface area contributed by atoms with Gasteiger partial charge < -0.3 is 19.5 Å². The van der Waals surface area contributed by atoms with Crippen molar-refractivity contribution in [2.24, 2.45) is 7.05 Å². The topological polar surface area (TPSA) is 135 Å². The van der Waals surface area contributed by atoms with Crippen molar-refractivity contribution in [2.75, 3.05) is 20.8 Å². The fourth-order valence-electron chi connectivity index (χ4n) is 4.59. The number of pyridine rings is 1. The van der Waals surface area contributed by atoms with Crippen LogP contribution in [0.1, 0.15) is 45.3 Å². The number of nitrogens with one attached hydrogen (secondary N) is 1. The number of esters is 1. The van der Waals surface area contributed by atoms with E-state index in [9.17, 15) is 9.59 Å². The van der Waals surface area contributed by atoms with Crippen molar-refractivity contribution in [3.05, 3.63) is 58.4 Å².